The normalized spacial score (nSPS) is 18.8. The predicted molar refractivity (Wildman–Crippen MR) is 69.1 cm³/mol. The summed E-state index contributed by atoms with van der Waals surface area (Å²) in [6.07, 6.45) is 4.20. The molecule has 0 aromatic heterocycles. The highest BCUT2D eigenvalue weighted by Gasteiger charge is 2.26. The molecule has 1 rings (SSSR count). The lowest BCUT2D eigenvalue weighted by atomic mass is 10.2. The minimum atomic E-state index is -0.473. The molecule has 1 aliphatic rings. The van der Waals surface area contributed by atoms with Gasteiger partial charge in [-0.3, -0.25) is 4.79 Å². The van der Waals surface area contributed by atoms with Crippen LogP contribution in [0.1, 0.15) is 25.7 Å². The summed E-state index contributed by atoms with van der Waals surface area (Å²) in [5, 5.41) is 0. The summed E-state index contributed by atoms with van der Waals surface area (Å²) in [6, 6.07) is 0. The average molecular weight is 337 g/mol. The van der Waals surface area contributed by atoms with Gasteiger partial charge in [-0.1, -0.05) is 35.6 Å². The van der Waals surface area contributed by atoms with E-state index in [-0.39, 0.29) is 5.91 Å². The van der Waals surface area contributed by atoms with Gasteiger partial charge >= 0.3 is 5.97 Å². The number of esters is 1. The van der Waals surface area contributed by atoms with Crippen molar-refractivity contribution in [2.75, 3.05) is 11.0 Å². The van der Waals surface area contributed by atoms with Crippen LogP contribution in [0.15, 0.2) is 12.7 Å². The van der Waals surface area contributed by atoms with Gasteiger partial charge in [0.05, 0.1) is 4.43 Å². The Bertz CT molecular complexity index is 280. The molecule has 0 bridgehead atoms. The van der Waals surface area contributed by atoms with Gasteiger partial charge in [-0.25, -0.2) is 4.79 Å². The Morgan fingerprint density at radius 3 is 2.94 bits per heavy atom. The van der Waals surface area contributed by atoms with E-state index in [1.54, 1.807) is 4.90 Å². The Morgan fingerprint density at radius 1 is 1.56 bits per heavy atom. The van der Waals surface area contributed by atoms with Crippen molar-refractivity contribution in [3.05, 3.63) is 12.7 Å². The molecular formula is C11H16INO3. The van der Waals surface area contributed by atoms with Crippen LogP contribution in [0, 0.1) is 0 Å². The van der Waals surface area contributed by atoms with Crippen LogP contribution in [0.25, 0.3) is 0 Å². The molecule has 1 heterocycles. The molecule has 16 heavy (non-hydrogen) atoms. The van der Waals surface area contributed by atoms with Crippen LogP contribution < -0.4 is 0 Å². The van der Waals surface area contributed by atoms with Gasteiger partial charge in [-0.15, -0.1) is 0 Å². The summed E-state index contributed by atoms with van der Waals surface area (Å²) in [5.41, 5.74) is 0. The lowest BCUT2D eigenvalue weighted by Gasteiger charge is -2.28. The van der Waals surface area contributed by atoms with E-state index in [0.29, 0.717) is 17.4 Å². The fourth-order valence-corrected chi connectivity index (χ4v) is 2.32. The number of hydrogen-bond acceptors (Lipinski definition) is 3. The molecule has 1 saturated heterocycles. The van der Waals surface area contributed by atoms with Crippen molar-refractivity contribution in [3.63, 3.8) is 0 Å². The number of halogens is 1. The van der Waals surface area contributed by atoms with E-state index >= 15 is 0 Å². The smallest absolute Gasteiger partial charge is 0.332 e. The van der Waals surface area contributed by atoms with Crippen LogP contribution in [-0.2, 0) is 14.3 Å². The second-order valence-corrected chi connectivity index (χ2v) is 4.53. The first-order valence-electron chi connectivity index (χ1n) is 5.37. The first kappa shape index (κ1) is 13.5. The highest BCUT2D eigenvalue weighted by Crippen LogP contribution is 2.16. The van der Waals surface area contributed by atoms with Gasteiger partial charge in [0.15, 0.2) is 6.23 Å². The van der Waals surface area contributed by atoms with E-state index in [4.69, 9.17) is 4.74 Å². The van der Waals surface area contributed by atoms with Crippen LogP contribution in [-0.4, -0.2) is 34.0 Å². The van der Waals surface area contributed by atoms with Gasteiger partial charge in [0, 0.05) is 19.0 Å². The van der Waals surface area contributed by atoms with Crippen LogP contribution in [0.2, 0.25) is 0 Å². The predicted octanol–water partition coefficient (Wildman–Crippen LogP) is 1.88. The lowest BCUT2D eigenvalue weighted by molar-refractivity contribution is -0.157. The first-order valence-corrected chi connectivity index (χ1v) is 6.90. The summed E-state index contributed by atoms with van der Waals surface area (Å²) in [6.45, 7) is 4.03. The molecule has 5 heteroatoms. The van der Waals surface area contributed by atoms with E-state index < -0.39 is 12.2 Å². The zero-order chi connectivity index (χ0) is 12.0. The maximum atomic E-state index is 11.8. The van der Waals surface area contributed by atoms with Crippen LogP contribution in [0.5, 0.6) is 0 Å². The lowest BCUT2D eigenvalue weighted by Crippen LogP contribution is -2.43. The van der Waals surface area contributed by atoms with E-state index in [9.17, 15) is 9.59 Å². The molecule has 0 radical (unpaired) electrons. The van der Waals surface area contributed by atoms with Crippen molar-refractivity contribution >= 4 is 34.5 Å². The molecule has 0 spiro atoms. The van der Waals surface area contributed by atoms with Crippen molar-refractivity contribution in [2.45, 2.75) is 31.9 Å². The second-order valence-electron chi connectivity index (χ2n) is 3.65. The summed E-state index contributed by atoms with van der Waals surface area (Å²) in [5.74, 6) is -0.394. The van der Waals surface area contributed by atoms with E-state index in [0.717, 1.165) is 25.3 Å². The monoisotopic (exact) mass is 337 g/mol. The van der Waals surface area contributed by atoms with Crippen LogP contribution in [0.4, 0.5) is 0 Å². The molecule has 1 aliphatic heterocycles. The zero-order valence-corrected chi connectivity index (χ0v) is 11.3. The van der Waals surface area contributed by atoms with Gasteiger partial charge < -0.3 is 9.64 Å². The summed E-state index contributed by atoms with van der Waals surface area (Å²) in [7, 11) is 0. The minimum absolute atomic E-state index is 0.0797. The molecule has 1 fully saturated rings. The second kappa shape index (κ2) is 6.88. The molecule has 0 saturated carbocycles. The third-order valence-corrected chi connectivity index (χ3v) is 3.26. The fourth-order valence-electron chi connectivity index (χ4n) is 1.67. The SMILES string of the molecule is C=CC(=O)OC(CI)N1CCCCCC1=O. The van der Waals surface area contributed by atoms with E-state index in [1.165, 1.54) is 0 Å². The number of alkyl halides is 1. The molecule has 90 valence electrons. The average Bonchev–Trinajstić information content (AvgIpc) is 2.50. The molecule has 0 aliphatic carbocycles. The van der Waals surface area contributed by atoms with E-state index in [2.05, 4.69) is 29.2 Å². The van der Waals surface area contributed by atoms with Crippen LogP contribution in [0.3, 0.4) is 0 Å². The highest BCUT2D eigenvalue weighted by molar-refractivity contribution is 14.1. The van der Waals surface area contributed by atoms with Gasteiger partial charge in [0.25, 0.3) is 0 Å². The third kappa shape index (κ3) is 3.77. The van der Waals surface area contributed by atoms with Gasteiger partial charge in [0.1, 0.15) is 0 Å². The highest BCUT2D eigenvalue weighted by atomic mass is 127. The number of nitrogens with zero attached hydrogens (tertiary/aromatic N) is 1. The fraction of sp³-hybridized carbons (Fsp3) is 0.636. The molecule has 1 amide bonds. The van der Waals surface area contributed by atoms with Crippen molar-refractivity contribution in [3.8, 4) is 0 Å². The molecule has 0 aromatic rings. The molecule has 1 atom stereocenters. The molecular weight excluding hydrogens is 321 g/mol. The number of carbonyl (C=O) groups excluding carboxylic acids is 2. The number of likely N-dealkylation sites (tertiary alicyclic amines) is 1. The van der Waals surface area contributed by atoms with Crippen molar-refractivity contribution < 1.29 is 14.3 Å². The maximum Gasteiger partial charge on any atom is 0.332 e. The number of carbonyl (C=O) groups is 2. The standard InChI is InChI=1S/C11H16INO3/c1-2-11(15)16-10(8-12)13-7-5-3-4-6-9(13)14/h2,10H,1,3-8H2. The summed E-state index contributed by atoms with van der Waals surface area (Å²) < 4.78 is 5.74. The van der Waals surface area contributed by atoms with Crippen molar-refractivity contribution in [1.82, 2.24) is 4.90 Å². The first-order chi connectivity index (χ1) is 7.69. The third-order valence-electron chi connectivity index (χ3n) is 2.51. The molecule has 1 unspecified atom stereocenters. The Balaban J connectivity index is 2.65. The molecule has 0 N–H and O–H groups in total. The number of amides is 1. The van der Waals surface area contributed by atoms with Crippen molar-refractivity contribution in [1.29, 1.82) is 0 Å². The van der Waals surface area contributed by atoms with Gasteiger partial charge in [0.2, 0.25) is 5.91 Å². The quantitative estimate of drug-likeness (QED) is 0.341. The topological polar surface area (TPSA) is 46.6 Å². The molecule has 4 nitrogen and oxygen atoms in total. The Kier molecular flexibility index (Phi) is 5.79. The van der Waals surface area contributed by atoms with Crippen molar-refractivity contribution in [2.24, 2.45) is 0 Å². The Hall–Kier alpha value is -0.590. The van der Waals surface area contributed by atoms with Gasteiger partial charge in [-0.2, -0.15) is 0 Å². The largest absolute Gasteiger partial charge is 0.437 e. The number of ether oxygens (including phenoxy) is 1. The molecule has 0 aromatic carbocycles. The summed E-state index contributed by atoms with van der Waals surface area (Å²) in [4.78, 5) is 24.6. The number of hydrogen-bond donors (Lipinski definition) is 0. The maximum absolute atomic E-state index is 11.8. The Morgan fingerprint density at radius 2 is 2.31 bits per heavy atom. The van der Waals surface area contributed by atoms with Gasteiger partial charge in [-0.05, 0) is 12.8 Å². The van der Waals surface area contributed by atoms with Crippen LogP contribution >= 0.6 is 22.6 Å². The zero-order valence-electron chi connectivity index (χ0n) is 9.15. The van der Waals surface area contributed by atoms with E-state index in [1.807, 2.05) is 0 Å². The number of rotatable bonds is 4. The Labute approximate surface area is 109 Å². The minimum Gasteiger partial charge on any atom is -0.437 e. The summed E-state index contributed by atoms with van der Waals surface area (Å²) >= 11 is 2.12.